The molecule has 0 radical (unpaired) electrons. The van der Waals surface area contributed by atoms with Gasteiger partial charge in [0.1, 0.15) is 49.1 Å². The lowest BCUT2D eigenvalue weighted by Gasteiger charge is -2.38. The van der Waals surface area contributed by atoms with Crippen molar-refractivity contribution in [1.82, 2.24) is 41.0 Å². The monoisotopic (exact) mass is 1320 g/mol. The minimum Gasteiger partial charge on any atom is -0.479 e. The summed E-state index contributed by atoms with van der Waals surface area (Å²) in [6, 6.07) is 4.96. The number of rotatable bonds is 29. The summed E-state index contributed by atoms with van der Waals surface area (Å²) in [5.41, 5.74) is 0.941. The van der Waals surface area contributed by atoms with Crippen LogP contribution >= 0.6 is 11.8 Å². The summed E-state index contributed by atoms with van der Waals surface area (Å²) in [6.45, 7) is 2.28. The lowest BCUT2D eigenvalue weighted by atomic mass is 9.81. The molecule has 0 saturated carbocycles. The van der Waals surface area contributed by atoms with Gasteiger partial charge in [0.15, 0.2) is 11.7 Å². The molecule has 1 aliphatic carbocycles. The topological polar surface area (TPSA) is 408 Å². The molecule has 2 aromatic carbocycles. The zero-order valence-electron chi connectivity index (χ0n) is 51.5. The average Bonchev–Trinajstić information content (AvgIpc) is 1.62. The number of methoxy groups -OCH3 is 1. The molecule has 5 aliphatic rings. The van der Waals surface area contributed by atoms with E-state index in [2.05, 4.69) is 26.6 Å². The van der Waals surface area contributed by atoms with Crippen molar-refractivity contribution in [3.63, 3.8) is 0 Å². The Labute approximate surface area is 535 Å². The number of unbranched alkanes of at least 4 members (excludes halogenated alkanes) is 2. The lowest BCUT2D eigenvalue weighted by Crippen LogP contribution is -2.61. The van der Waals surface area contributed by atoms with Crippen molar-refractivity contribution in [2.45, 2.75) is 158 Å². The Hall–Kier alpha value is -8.17. The number of nitrogens with one attached hydrogen (secondary N) is 5. The summed E-state index contributed by atoms with van der Waals surface area (Å²) in [7, 11) is 1.50. The zero-order valence-corrected chi connectivity index (χ0v) is 52.4. The second-order valence-corrected chi connectivity index (χ2v) is 24.2. The number of aliphatic carboxylic acids is 1. The highest BCUT2D eigenvalue weighted by molar-refractivity contribution is 8.00. The van der Waals surface area contributed by atoms with E-state index in [-0.39, 0.29) is 142 Å². The third-order valence-corrected chi connectivity index (χ3v) is 18.1. The Morgan fingerprint density at radius 2 is 1.68 bits per heavy atom. The van der Waals surface area contributed by atoms with Crippen LogP contribution < -0.4 is 36.9 Å². The number of pyridine rings is 2. The van der Waals surface area contributed by atoms with Crippen LogP contribution in [0.4, 0.5) is 9.18 Å². The number of aromatic nitrogens is 2. The second-order valence-electron chi connectivity index (χ2n) is 23.1. The molecule has 9 rings (SSSR count). The maximum Gasteiger partial charge on any atom is 0.407 e. The molecule has 9 unspecified atom stereocenters. The Bertz CT molecular complexity index is 3650. The number of aryl methyl sites for hydroxylation is 1. The van der Waals surface area contributed by atoms with Gasteiger partial charge in [-0.05, 0) is 85.7 Å². The molecule has 2 fully saturated rings. The zero-order chi connectivity index (χ0) is 67.0. The van der Waals surface area contributed by atoms with Crippen LogP contribution in [0.15, 0.2) is 35.1 Å². The molecule has 7 amide bonds. The first-order valence-corrected chi connectivity index (χ1v) is 31.8. The fourth-order valence-electron chi connectivity index (χ4n) is 12.0. The number of aliphatic hydroxyl groups is 4. The highest BCUT2D eigenvalue weighted by atomic mass is 32.2. The fourth-order valence-corrected chi connectivity index (χ4v) is 12.6. The smallest absolute Gasteiger partial charge is 0.407 e. The fraction of sp³-hybridized carbons (Fsp3) is 0.532. The third kappa shape index (κ3) is 15.3. The Morgan fingerprint density at radius 3 is 2.41 bits per heavy atom. The van der Waals surface area contributed by atoms with Gasteiger partial charge < -0.3 is 85.1 Å². The Morgan fingerprint density at radius 1 is 0.903 bits per heavy atom. The number of carbonyl (C=O) groups is 9. The van der Waals surface area contributed by atoms with Crippen LogP contribution in [0.25, 0.3) is 22.3 Å². The summed E-state index contributed by atoms with van der Waals surface area (Å²) >= 11 is 1.31. The molecular formula is C62H75FN8O21S. The van der Waals surface area contributed by atoms with Crippen molar-refractivity contribution in [3.05, 3.63) is 91.0 Å². The number of carboxylic acid groups (broad SMARTS) is 1. The summed E-state index contributed by atoms with van der Waals surface area (Å²) in [4.78, 5) is 137. The molecule has 9 atom stereocenters. The summed E-state index contributed by atoms with van der Waals surface area (Å²) in [6.07, 6.45) is -7.62. The van der Waals surface area contributed by atoms with Crippen LogP contribution in [0.2, 0.25) is 0 Å². The molecule has 6 heterocycles. The summed E-state index contributed by atoms with van der Waals surface area (Å²) in [5.74, 6) is -6.10. The van der Waals surface area contributed by atoms with Crippen LogP contribution in [-0.2, 0) is 100 Å². The van der Waals surface area contributed by atoms with Gasteiger partial charge in [0, 0.05) is 87.1 Å². The molecule has 502 valence electrons. The molecular weight excluding hydrogens is 1240 g/mol. The van der Waals surface area contributed by atoms with Crippen molar-refractivity contribution < 1.29 is 101 Å². The molecule has 10 N–H and O–H groups in total. The van der Waals surface area contributed by atoms with Gasteiger partial charge in [-0.2, -0.15) is 11.8 Å². The Kier molecular flexibility index (Phi) is 22.5. The standard InChI is InChI=1S/C62H75FN8O21S/c1-5-62(86)36-22-41-50-34(27-71(41)56(80)35(36)29-89-60(62)84)49-38(12-11-33-30(2)37(63)23-39(68-50)48(33)49)69-61(85)90-28-31-10-13-42(91-59-53(78)51(76)52(77)54(92-59)58(82)83)32(21-31)25-65-44(72)14-16-64-55(79)40(26-66-45(73)15-18-88-20-19-87-3)67-46(74)9-7-6-8-17-70-47(75)24-43(93-4)57(70)81/h10,13,21-23,38,40,43,51-54,59,76-78,86H,5-9,11-12,14-20,24-29H2,1-4H3,(H,64,79)(H,65,72)(H,66,73)(H,67,74)(H,69,85)(H,82,83). The SMILES string of the molecule is CCC1(O)C(=O)OCc2c1cc1n(c2=O)Cc2c-1nc1cc(F)c(C)c3c1c2C(NC(=O)OCc1ccc(OC2OC(C(=O)O)C(O)C(O)C2O)c(CNC(=O)CCNC(=O)C(CNC(=O)CCOCCOC)NC(=O)CCCCCN2C(=O)CC(SC)C2=O)c1)CC3. The van der Waals surface area contributed by atoms with Crippen LogP contribution in [0.5, 0.6) is 5.75 Å². The number of carboxylic acids is 1. The number of likely N-dealkylation sites (tertiary alicyclic amines) is 1. The predicted molar refractivity (Wildman–Crippen MR) is 324 cm³/mol. The number of benzene rings is 2. The second kappa shape index (κ2) is 30.3. The number of imide groups is 1. The normalized spacial score (nSPS) is 22.3. The van der Waals surface area contributed by atoms with Crippen molar-refractivity contribution in [2.75, 3.05) is 52.8 Å². The van der Waals surface area contributed by atoms with E-state index >= 15 is 4.39 Å². The third-order valence-electron chi connectivity index (χ3n) is 17.2. The number of carbonyl (C=O) groups excluding carboxylic acids is 8. The first-order valence-electron chi connectivity index (χ1n) is 30.5. The molecule has 31 heteroatoms. The number of hydrogen-bond acceptors (Lipinski definition) is 22. The van der Waals surface area contributed by atoms with E-state index in [9.17, 15) is 73.5 Å². The number of halogens is 1. The summed E-state index contributed by atoms with van der Waals surface area (Å²) < 4.78 is 49.6. The van der Waals surface area contributed by atoms with Crippen molar-refractivity contribution in [2.24, 2.45) is 0 Å². The van der Waals surface area contributed by atoms with Gasteiger partial charge in [-0.25, -0.2) is 23.8 Å². The van der Waals surface area contributed by atoms with Gasteiger partial charge >= 0.3 is 18.0 Å². The van der Waals surface area contributed by atoms with E-state index in [0.29, 0.717) is 65.5 Å². The summed E-state index contributed by atoms with van der Waals surface area (Å²) in [5, 5.41) is 66.5. The van der Waals surface area contributed by atoms with Crippen LogP contribution in [0, 0.1) is 12.7 Å². The van der Waals surface area contributed by atoms with E-state index in [4.69, 9.17) is 33.4 Å². The van der Waals surface area contributed by atoms with Gasteiger partial charge in [-0.1, -0.05) is 19.4 Å². The van der Waals surface area contributed by atoms with Crippen LogP contribution in [0.3, 0.4) is 0 Å². The molecule has 2 saturated heterocycles. The van der Waals surface area contributed by atoms with Gasteiger partial charge in [0.25, 0.3) is 5.56 Å². The number of ether oxygens (including phenoxy) is 6. The van der Waals surface area contributed by atoms with E-state index < -0.39 is 113 Å². The number of fused-ring (bicyclic) bond motifs is 5. The van der Waals surface area contributed by atoms with Gasteiger partial charge in [0.05, 0.1) is 60.1 Å². The van der Waals surface area contributed by atoms with Crippen molar-refractivity contribution in [3.8, 4) is 17.1 Å². The molecule has 29 nitrogen and oxygen atoms in total. The molecule has 2 aromatic heterocycles. The van der Waals surface area contributed by atoms with Gasteiger partial charge in [0.2, 0.25) is 41.7 Å². The largest absolute Gasteiger partial charge is 0.479 e. The van der Waals surface area contributed by atoms with Crippen LogP contribution in [0.1, 0.15) is 115 Å². The van der Waals surface area contributed by atoms with E-state index in [0.717, 1.165) is 0 Å². The van der Waals surface area contributed by atoms with Gasteiger partial charge in [-0.3, -0.25) is 38.5 Å². The number of cyclic esters (lactones) is 1. The first-order chi connectivity index (χ1) is 44.5. The molecule has 93 heavy (non-hydrogen) atoms. The minimum atomic E-state index is -2.11. The lowest BCUT2D eigenvalue weighted by molar-refractivity contribution is -0.271. The van der Waals surface area contributed by atoms with E-state index in [1.807, 2.05) is 0 Å². The van der Waals surface area contributed by atoms with E-state index in [1.54, 1.807) is 20.1 Å². The molecule has 0 spiro atoms. The van der Waals surface area contributed by atoms with Crippen molar-refractivity contribution >= 4 is 76.1 Å². The number of aliphatic hydroxyl groups excluding tert-OH is 3. The number of amides is 7. The number of thioether (sulfide) groups is 1. The predicted octanol–water partition coefficient (Wildman–Crippen LogP) is 0.539. The minimum absolute atomic E-state index is 0.0218. The van der Waals surface area contributed by atoms with Gasteiger partial charge in [-0.15, -0.1) is 0 Å². The highest BCUT2D eigenvalue weighted by Crippen LogP contribution is 2.46. The first kappa shape index (κ1) is 69.2. The van der Waals surface area contributed by atoms with Crippen molar-refractivity contribution in [1.29, 1.82) is 0 Å². The average molecular weight is 1320 g/mol. The quantitative estimate of drug-likeness (QED) is 0.0177. The molecule has 0 bridgehead atoms. The number of hydrogen-bond donors (Lipinski definition) is 10. The van der Waals surface area contributed by atoms with Crippen LogP contribution in [-0.4, -0.2) is 188 Å². The molecule has 4 aliphatic heterocycles. The number of nitrogens with zero attached hydrogens (tertiary/aromatic N) is 3. The maximum atomic E-state index is 15.6. The van der Waals surface area contributed by atoms with E-state index in [1.165, 1.54) is 58.7 Å². The molecule has 4 aromatic rings. The maximum absolute atomic E-state index is 15.6. The highest BCUT2D eigenvalue weighted by Gasteiger charge is 2.49. The number of esters is 1. The Balaban J connectivity index is 0.865. The number of alkyl carbamates (subject to hydrolysis) is 1.